The molecule has 9 heteroatoms. The van der Waals surface area contributed by atoms with Crippen molar-refractivity contribution in [2.45, 2.75) is 11.7 Å². The molecule has 0 aliphatic heterocycles. The van der Waals surface area contributed by atoms with Crippen LogP contribution in [0.15, 0.2) is 60.3 Å². The van der Waals surface area contributed by atoms with Gasteiger partial charge in [0, 0.05) is 17.8 Å². The van der Waals surface area contributed by atoms with Gasteiger partial charge in [-0.2, -0.15) is 0 Å². The number of benzene rings is 2. The first-order chi connectivity index (χ1) is 13.5. The Bertz CT molecular complexity index is 1010. The molecule has 1 amide bonds. The molecule has 5 nitrogen and oxygen atoms in total. The molecule has 1 N–H and O–H groups in total. The Labute approximate surface area is 175 Å². The predicted octanol–water partition coefficient (Wildman–Crippen LogP) is 5.31. The fourth-order valence-electron chi connectivity index (χ4n) is 2.40. The molecule has 0 atom stereocenters. The predicted molar refractivity (Wildman–Crippen MR) is 111 cm³/mol. The third-order valence-electron chi connectivity index (χ3n) is 3.67. The summed E-state index contributed by atoms with van der Waals surface area (Å²) in [6, 6.07) is 10.8. The van der Waals surface area contributed by atoms with Crippen LogP contribution in [0, 0.1) is 5.82 Å². The molecule has 2 aromatic carbocycles. The molecule has 0 spiro atoms. The van der Waals surface area contributed by atoms with Crippen molar-refractivity contribution in [3.63, 3.8) is 0 Å². The SMILES string of the molecule is C=CCn1c(SCC(=O)Nc2ccc(Cl)c(Cl)c2)nnc1-c1ccc(F)cc1. The maximum atomic E-state index is 13.2. The number of carbonyl (C=O) groups is 1. The zero-order chi connectivity index (χ0) is 20.1. The second-order valence-corrected chi connectivity index (χ2v) is 7.43. The van der Waals surface area contributed by atoms with Crippen LogP contribution in [0.1, 0.15) is 0 Å². The minimum atomic E-state index is -0.327. The number of hydrogen-bond acceptors (Lipinski definition) is 4. The third kappa shape index (κ3) is 4.92. The zero-order valence-corrected chi connectivity index (χ0v) is 16.9. The number of halogens is 3. The van der Waals surface area contributed by atoms with Crippen molar-refractivity contribution in [3.05, 3.63) is 71.0 Å². The molecule has 0 radical (unpaired) electrons. The van der Waals surface area contributed by atoms with Gasteiger partial charge >= 0.3 is 0 Å². The third-order valence-corrected chi connectivity index (χ3v) is 5.37. The van der Waals surface area contributed by atoms with Crippen LogP contribution in [0.4, 0.5) is 10.1 Å². The van der Waals surface area contributed by atoms with Gasteiger partial charge in [-0.15, -0.1) is 16.8 Å². The standard InChI is InChI=1S/C19H15Cl2FN4OS/c1-2-9-26-18(12-3-5-13(22)6-4-12)24-25-19(26)28-11-17(27)23-14-7-8-15(20)16(21)10-14/h2-8,10H,1,9,11H2,(H,23,27). The van der Waals surface area contributed by atoms with E-state index in [4.69, 9.17) is 23.2 Å². The Balaban J connectivity index is 1.71. The lowest BCUT2D eigenvalue weighted by molar-refractivity contribution is -0.113. The van der Waals surface area contributed by atoms with E-state index in [-0.39, 0.29) is 17.5 Å². The van der Waals surface area contributed by atoms with Crippen molar-refractivity contribution in [1.29, 1.82) is 0 Å². The minimum absolute atomic E-state index is 0.124. The highest BCUT2D eigenvalue weighted by molar-refractivity contribution is 7.99. The molecule has 3 aromatic rings. The quantitative estimate of drug-likeness (QED) is 0.402. The highest BCUT2D eigenvalue weighted by Crippen LogP contribution is 2.26. The van der Waals surface area contributed by atoms with Gasteiger partial charge in [-0.3, -0.25) is 9.36 Å². The first-order valence-corrected chi connectivity index (χ1v) is 9.90. The van der Waals surface area contributed by atoms with Gasteiger partial charge in [0.25, 0.3) is 0 Å². The van der Waals surface area contributed by atoms with Crippen molar-refractivity contribution >= 4 is 46.6 Å². The van der Waals surface area contributed by atoms with Crippen LogP contribution in [0.25, 0.3) is 11.4 Å². The van der Waals surface area contributed by atoms with Crippen molar-refractivity contribution in [3.8, 4) is 11.4 Å². The van der Waals surface area contributed by atoms with Gasteiger partial charge < -0.3 is 5.32 Å². The van der Waals surface area contributed by atoms with Gasteiger partial charge in [-0.05, 0) is 42.5 Å². The summed E-state index contributed by atoms with van der Waals surface area (Å²) >= 11 is 13.1. The smallest absolute Gasteiger partial charge is 0.234 e. The van der Waals surface area contributed by atoms with Gasteiger partial charge in [-0.25, -0.2) is 4.39 Å². The molecule has 0 saturated carbocycles. The van der Waals surface area contributed by atoms with Crippen molar-refractivity contribution in [1.82, 2.24) is 14.8 Å². The number of nitrogens with one attached hydrogen (secondary N) is 1. The van der Waals surface area contributed by atoms with E-state index in [2.05, 4.69) is 22.1 Å². The summed E-state index contributed by atoms with van der Waals surface area (Å²) in [7, 11) is 0. The Morgan fingerprint density at radius 2 is 1.93 bits per heavy atom. The maximum absolute atomic E-state index is 13.2. The first-order valence-electron chi connectivity index (χ1n) is 8.15. The second kappa shape index (κ2) is 9.23. The lowest BCUT2D eigenvalue weighted by atomic mass is 10.2. The largest absolute Gasteiger partial charge is 0.325 e. The van der Waals surface area contributed by atoms with Crippen molar-refractivity contribution in [2.75, 3.05) is 11.1 Å². The lowest BCUT2D eigenvalue weighted by Gasteiger charge is -2.08. The molecule has 1 aromatic heterocycles. The van der Waals surface area contributed by atoms with Crippen LogP contribution in [-0.4, -0.2) is 26.4 Å². The normalized spacial score (nSPS) is 10.7. The summed E-state index contributed by atoms with van der Waals surface area (Å²) in [5, 5.41) is 12.4. The van der Waals surface area contributed by atoms with E-state index in [9.17, 15) is 9.18 Å². The summed E-state index contributed by atoms with van der Waals surface area (Å²) in [5.41, 5.74) is 1.28. The molecule has 0 bridgehead atoms. The van der Waals surface area contributed by atoms with Gasteiger partial charge in [0.2, 0.25) is 5.91 Å². The fourth-order valence-corrected chi connectivity index (χ4v) is 3.45. The Kier molecular flexibility index (Phi) is 6.72. The molecule has 0 unspecified atom stereocenters. The topological polar surface area (TPSA) is 59.8 Å². The van der Waals surface area contributed by atoms with Crippen LogP contribution < -0.4 is 5.32 Å². The van der Waals surface area contributed by atoms with E-state index >= 15 is 0 Å². The molecule has 28 heavy (non-hydrogen) atoms. The molecule has 144 valence electrons. The summed E-state index contributed by atoms with van der Waals surface area (Å²) in [6.07, 6.45) is 1.70. The number of thioether (sulfide) groups is 1. The molecular formula is C19H15Cl2FN4OS. The maximum Gasteiger partial charge on any atom is 0.234 e. The van der Waals surface area contributed by atoms with Crippen LogP contribution in [-0.2, 0) is 11.3 Å². The van der Waals surface area contributed by atoms with Crippen LogP contribution >= 0.6 is 35.0 Å². The average molecular weight is 437 g/mol. The number of anilines is 1. The number of amides is 1. The van der Waals surface area contributed by atoms with Gasteiger partial charge in [0.1, 0.15) is 5.82 Å². The summed E-state index contributed by atoms with van der Waals surface area (Å²) in [4.78, 5) is 12.2. The fraction of sp³-hybridized carbons (Fsp3) is 0.105. The van der Waals surface area contributed by atoms with E-state index in [1.807, 2.05) is 4.57 Å². The molecule has 3 rings (SSSR count). The minimum Gasteiger partial charge on any atom is -0.325 e. The second-order valence-electron chi connectivity index (χ2n) is 5.68. The number of aromatic nitrogens is 3. The van der Waals surface area contributed by atoms with Crippen molar-refractivity contribution < 1.29 is 9.18 Å². The van der Waals surface area contributed by atoms with Crippen LogP contribution in [0.2, 0.25) is 10.0 Å². The Morgan fingerprint density at radius 3 is 2.61 bits per heavy atom. The monoisotopic (exact) mass is 436 g/mol. The van der Waals surface area contributed by atoms with E-state index in [1.54, 1.807) is 36.4 Å². The Hall–Kier alpha value is -2.35. The van der Waals surface area contributed by atoms with E-state index in [0.29, 0.717) is 33.3 Å². The van der Waals surface area contributed by atoms with E-state index < -0.39 is 0 Å². The molecule has 0 aliphatic carbocycles. The molecule has 0 aliphatic rings. The molecule has 1 heterocycles. The number of rotatable bonds is 7. The first kappa shape index (κ1) is 20.4. The molecular weight excluding hydrogens is 422 g/mol. The highest BCUT2D eigenvalue weighted by atomic mass is 35.5. The Morgan fingerprint density at radius 1 is 1.18 bits per heavy atom. The van der Waals surface area contributed by atoms with E-state index in [0.717, 1.165) is 5.56 Å². The lowest BCUT2D eigenvalue weighted by Crippen LogP contribution is -2.14. The number of hydrogen-bond donors (Lipinski definition) is 1. The van der Waals surface area contributed by atoms with Gasteiger partial charge in [-0.1, -0.05) is 41.0 Å². The van der Waals surface area contributed by atoms with Gasteiger partial charge in [0.05, 0.1) is 15.8 Å². The summed E-state index contributed by atoms with van der Waals surface area (Å²) < 4.78 is 15.0. The van der Waals surface area contributed by atoms with E-state index in [1.165, 1.54) is 23.9 Å². The number of nitrogens with zero attached hydrogens (tertiary/aromatic N) is 3. The number of allylic oxidation sites excluding steroid dienone is 1. The zero-order valence-electron chi connectivity index (χ0n) is 14.5. The summed E-state index contributed by atoms with van der Waals surface area (Å²) in [6.45, 7) is 4.20. The van der Waals surface area contributed by atoms with Crippen molar-refractivity contribution in [2.24, 2.45) is 0 Å². The average Bonchev–Trinajstić information content (AvgIpc) is 3.07. The van der Waals surface area contributed by atoms with Crippen LogP contribution in [0.5, 0.6) is 0 Å². The summed E-state index contributed by atoms with van der Waals surface area (Å²) in [5.74, 6) is 0.151. The number of carbonyl (C=O) groups excluding carboxylic acids is 1. The molecule has 0 fully saturated rings. The molecule has 0 saturated heterocycles. The van der Waals surface area contributed by atoms with Crippen LogP contribution in [0.3, 0.4) is 0 Å². The highest BCUT2D eigenvalue weighted by Gasteiger charge is 2.15. The van der Waals surface area contributed by atoms with Gasteiger partial charge in [0.15, 0.2) is 11.0 Å².